The molecule has 0 aromatic rings. The van der Waals surface area contributed by atoms with Gasteiger partial charge in [0.2, 0.25) is 5.91 Å². The first-order valence-electron chi connectivity index (χ1n) is 6.36. The Hall–Kier alpha value is -1.18. The van der Waals surface area contributed by atoms with E-state index in [0.29, 0.717) is 39.1 Å². The van der Waals surface area contributed by atoms with E-state index in [2.05, 4.69) is 0 Å². The molecular formula is C12H20N2O5. The van der Waals surface area contributed by atoms with Gasteiger partial charge in [-0.1, -0.05) is 0 Å². The van der Waals surface area contributed by atoms with Crippen molar-refractivity contribution in [3.05, 3.63) is 0 Å². The summed E-state index contributed by atoms with van der Waals surface area (Å²) in [4.78, 5) is 24.4. The predicted octanol–water partition coefficient (Wildman–Crippen LogP) is -0.804. The average molecular weight is 272 g/mol. The molecule has 2 saturated heterocycles. The molecule has 7 heteroatoms. The molecule has 0 unspecified atom stereocenters. The van der Waals surface area contributed by atoms with E-state index < -0.39 is 17.1 Å². The molecule has 2 rings (SSSR count). The minimum atomic E-state index is -1.01. The van der Waals surface area contributed by atoms with Gasteiger partial charge >= 0.3 is 5.97 Å². The number of carbonyl (C=O) groups is 2. The molecule has 2 heterocycles. The van der Waals surface area contributed by atoms with Gasteiger partial charge in [0, 0.05) is 13.2 Å². The fourth-order valence-corrected chi connectivity index (χ4v) is 2.50. The van der Waals surface area contributed by atoms with Crippen molar-refractivity contribution in [2.45, 2.75) is 30.9 Å². The Kier molecular flexibility index (Phi) is 3.80. The summed E-state index contributed by atoms with van der Waals surface area (Å²) in [6.45, 7) is 3.23. The molecule has 0 saturated carbocycles. The average Bonchev–Trinajstić information content (AvgIpc) is 2.33. The Morgan fingerprint density at radius 2 is 1.95 bits per heavy atom. The number of aliphatic carboxylic acids is 1. The lowest BCUT2D eigenvalue weighted by Crippen LogP contribution is -2.69. The maximum absolute atomic E-state index is 12.3. The summed E-state index contributed by atoms with van der Waals surface area (Å²) in [6.07, 6.45) is 1.05. The molecule has 0 radical (unpaired) electrons. The molecule has 3 N–H and O–H groups in total. The summed E-state index contributed by atoms with van der Waals surface area (Å²) < 4.78 is 10.5. The number of amides is 1. The van der Waals surface area contributed by atoms with Crippen LogP contribution in [0.1, 0.15) is 19.8 Å². The number of likely N-dealkylation sites (tertiary alicyclic amines) is 1. The molecule has 7 nitrogen and oxygen atoms in total. The summed E-state index contributed by atoms with van der Waals surface area (Å²) in [7, 11) is 0. The molecule has 2 aliphatic heterocycles. The summed E-state index contributed by atoms with van der Waals surface area (Å²) in [5.41, 5.74) is 4.70. The molecule has 0 aromatic heterocycles. The highest BCUT2D eigenvalue weighted by Crippen LogP contribution is 2.29. The smallest absolute Gasteiger partial charge is 0.329 e. The van der Waals surface area contributed by atoms with E-state index in [0.717, 1.165) is 0 Å². The number of rotatable bonds is 4. The van der Waals surface area contributed by atoms with Crippen LogP contribution in [0.15, 0.2) is 0 Å². The largest absolute Gasteiger partial charge is 0.480 e. The number of nitrogens with zero attached hydrogens (tertiary/aromatic N) is 1. The van der Waals surface area contributed by atoms with Crippen LogP contribution in [-0.4, -0.2) is 65.9 Å². The number of carboxylic acid groups (broad SMARTS) is 1. The summed E-state index contributed by atoms with van der Waals surface area (Å²) in [5, 5.41) is 8.58. The van der Waals surface area contributed by atoms with E-state index in [4.69, 9.17) is 20.3 Å². The molecule has 1 amide bonds. The standard InChI is InChI=1S/C12H20N2O5/c1-11(19-6-9(15)16)7-14(8-11)10(17)12(13)2-4-18-5-3-12/h2-8,13H2,1H3,(H,15,16). The molecule has 0 spiro atoms. The van der Waals surface area contributed by atoms with Crippen LogP contribution >= 0.6 is 0 Å². The van der Waals surface area contributed by atoms with Gasteiger partial charge in [0.25, 0.3) is 0 Å². The van der Waals surface area contributed by atoms with Crippen LogP contribution in [0, 0.1) is 0 Å². The zero-order chi connectivity index (χ0) is 14.1. The quantitative estimate of drug-likeness (QED) is 0.694. The van der Waals surface area contributed by atoms with Crippen molar-refractivity contribution in [2.75, 3.05) is 32.9 Å². The van der Waals surface area contributed by atoms with Gasteiger partial charge in [-0.25, -0.2) is 4.79 Å². The fourth-order valence-electron chi connectivity index (χ4n) is 2.50. The Labute approximate surface area is 111 Å². The number of ether oxygens (including phenoxy) is 2. The second kappa shape index (κ2) is 5.07. The van der Waals surface area contributed by atoms with Crippen LogP contribution in [0.25, 0.3) is 0 Å². The summed E-state index contributed by atoms with van der Waals surface area (Å²) in [6, 6.07) is 0. The SMILES string of the molecule is CC1(OCC(=O)O)CN(C(=O)C2(N)CCOCC2)C1. The number of carboxylic acids is 1. The predicted molar refractivity (Wildman–Crippen MR) is 65.5 cm³/mol. The zero-order valence-corrected chi connectivity index (χ0v) is 11.1. The van der Waals surface area contributed by atoms with Crippen LogP contribution in [0.2, 0.25) is 0 Å². The lowest BCUT2D eigenvalue weighted by molar-refractivity contribution is -0.178. The van der Waals surface area contributed by atoms with Gasteiger partial charge < -0.3 is 25.2 Å². The van der Waals surface area contributed by atoms with Gasteiger partial charge in [-0.3, -0.25) is 4.79 Å². The normalized spacial score (nSPS) is 24.6. The van der Waals surface area contributed by atoms with Crippen molar-refractivity contribution >= 4 is 11.9 Å². The molecule has 2 fully saturated rings. The van der Waals surface area contributed by atoms with Crippen LogP contribution in [0.3, 0.4) is 0 Å². The van der Waals surface area contributed by atoms with E-state index >= 15 is 0 Å². The van der Waals surface area contributed by atoms with Gasteiger partial charge in [0.15, 0.2) is 0 Å². The van der Waals surface area contributed by atoms with E-state index in [1.165, 1.54) is 0 Å². The maximum Gasteiger partial charge on any atom is 0.329 e. The van der Waals surface area contributed by atoms with Crippen molar-refractivity contribution in [2.24, 2.45) is 5.73 Å². The number of hydrogen-bond donors (Lipinski definition) is 2. The summed E-state index contributed by atoms with van der Waals surface area (Å²) >= 11 is 0. The molecule has 0 aliphatic carbocycles. The van der Waals surface area contributed by atoms with Gasteiger partial charge in [-0.05, 0) is 19.8 Å². The zero-order valence-electron chi connectivity index (χ0n) is 11.1. The van der Waals surface area contributed by atoms with Crippen LogP contribution < -0.4 is 5.73 Å². The van der Waals surface area contributed by atoms with Crippen LogP contribution in [0.4, 0.5) is 0 Å². The lowest BCUT2D eigenvalue weighted by Gasteiger charge is -2.50. The van der Waals surface area contributed by atoms with E-state index in [-0.39, 0.29) is 12.5 Å². The Bertz CT molecular complexity index is 372. The summed E-state index contributed by atoms with van der Waals surface area (Å²) in [5.74, 6) is -1.10. The first-order valence-corrected chi connectivity index (χ1v) is 6.36. The molecule has 108 valence electrons. The Balaban J connectivity index is 1.85. The van der Waals surface area contributed by atoms with Gasteiger partial charge in [0.05, 0.1) is 18.6 Å². The third-order valence-corrected chi connectivity index (χ3v) is 3.69. The highest BCUT2D eigenvalue weighted by atomic mass is 16.5. The van der Waals surface area contributed by atoms with Gasteiger partial charge in [-0.15, -0.1) is 0 Å². The number of carbonyl (C=O) groups excluding carboxylic acids is 1. The molecule has 2 aliphatic rings. The van der Waals surface area contributed by atoms with Crippen molar-refractivity contribution in [3.63, 3.8) is 0 Å². The first kappa shape index (κ1) is 14.2. The van der Waals surface area contributed by atoms with Crippen molar-refractivity contribution < 1.29 is 24.2 Å². The maximum atomic E-state index is 12.3. The molecular weight excluding hydrogens is 252 g/mol. The monoisotopic (exact) mass is 272 g/mol. The Morgan fingerprint density at radius 1 is 1.37 bits per heavy atom. The highest BCUT2D eigenvalue weighted by molar-refractivity contribution is 5.87. The third kappa shape index (κ3) is 3.05. The highest BCUT2D eigenvalue weighted by Gasteiger charge is 2.48. The topological polar surface area (TPSA) is 102 Å². The lowest BCUT2D eigenvalue weighted by atomic mass is 9.86. The van der Waals surface area contributed by atoms with Gasteiger partial charge in [-0.2, -0.15) is 0 Å². The van der Waals surface area contributed by atoms with Crippen LogP contribution in [-0.2, 0) is 19.1 Å². The van der Waals surface area contributed by atoms with Gasteiger partial charge in [0.1, 0.15) is 12.2 Å². The number of hydrogen-bond acceptors (Lipinski definition) is 5. The molecule has 19 heavy (non-hydrogen) atoms. The minimum Gasteiger partial charge on any atom is -0.480 e. The molecule has 0 atom stereocenters. The molecule has 0 bridgehead atoms. The second-order valence-electron chi connectivity index (χ2n) is 5.56. The van der Waals surface area contributed by atoms with E-state index in [1.54, 1.807) is 11.8 Å². The second-order valence-corrected chi connectivity index (χ2v) is 5.56. The van der Waals surface area contributed by atoms with E-state index in [1.807, 2.05) is 0 Å². The Morgan fingerprint density at radius 3 is 2.47 bits per heavy atom. The molecule has 0 aromatic carbocycles. The fraction of sp³-hybridized carbons (Fsp3) is 0.833. The third-order valence-electron chi connectivity index (χ3n) is 3.69. The van der Waals surface area contributed by atoms with Crippen molar-refractivity contribution in [1.82, 2.24) is 4.90 Å². The van der Waals surface area contributed by atoms with Crippen molar-refractivity contribution in [1.29, 1.82) is 0 Å². The number of nitrogens with two attached hydrogens (primary N) is 1. The van der Waals surface area contributed by atoms with Crippen LogP contribution in [0.5, 0.6) is 0 Å². The minimum absolute atomic E-state index is 0.0906. The van der Waals surface area contributed by atoms with Crippen molar-refractivity contribution in [3.8, 4) is 0 Å². The van der Waals surface area contributed by atoms with E-state index in [9.17, 15) is 9.59 Å². The first-order chi connectivity index (χ1) is 8.85.